The van der Waals surface area contributed by atoms with Crippen LogP contribution in [0.25, 0.3) is 11.1 Å². The van der Waals surface area contributed by atoms with Crippen molar-refractivity contribution in [2.75, 3.05) is 18.9 Å². The molecule has 4 heteroatoms. The number of hydrogen-bond donors (Lipinski definition) is 1. The third kappa shape index (κ3) is 2.03. The van der Waals surface area contributed by atoms with E-state index in [9.17, 15) is 0 Å². The van der Waals surface area contributed by atoms with E-state index in [0.29, 0.717) is 11.8 Å². The summed E-state index contributed by atoms with van der Waals surface area (Å²) in [5.74, 6) is 1.05. The quantitative estimate of drug-likeness (QED) is 0.877. The van der Waals surface area contributed by atoms with Crippen LogP contribution in [0.15, 0.2) is 35.0 Å². The molecule has 1 aliphatic rings. The van der Waals surface area contributed by atoms with Crippen LogP contribution in [0, 0.1) is 5.92 Å². The van der Waals surface area contributed by atoms with Crippen molar-refractivity contribution in [2.24, 2.45) is 5.92 Å². The molecule has 0 radical (unpaired) electrons. The number of ether oxygens (including phenoxy) is 1. The smallest absolute Gasteiger partial charge is 0.229 e. The first-order valence-corrected chi connectivity index (χ1v) is 5.70. The maximum absolute atomic E-state index is 5.68. The molecule has 0 atom stereocenters. The Hall–Kier alpha value is -1.81. The lowest BCUT2D eigenvalue weighted by molar-refractivity contribution is -0.0312. The van der Waals surface area contributed by atoms with Gasteiger partial charge in [-0.2, -0.15) is 0 Å². The molecule has 3 rings (SSSR count). The first kappa shape index (κ1) is 10.4. The van der Waals surface area contributed by atoms with E-state index in [2.05, 4.69) is 29.4 Å². The summed E-state index contributed by atoms with van der Waals surface area (Å²) in [5, 5.41) is 3.67. The van der Waals surface area contributed by atoms with Crippen LogP contribution < -0.4 is 5.73 Å². The Morgan fingerprint density at radius 2 is 2.00 bits per heavy atom. The number of benzene rings is 1. The van der Waals surface area contributed by atoms with Crippen molar-refractivity contribution < 1.29 is 9.26 Å². The molecular formula is C13H14N2O2. The van der Waals surface area contributed by atoms with Gasteiger partial charge < -0.3 is 15.0 Å². The lowest BCUT2D eigenvalue weighted by Crippen LogP contribution is -2.29. The van der Waals surface area contributed by atoms with Gasteiger partial charge in [-0.1, -0.05) is 29.4 Å². The van der Waals surface area contributed by atoms with Crippen LogP contribution in [0.5, 0.6) is 0 Å². The van der Waals surface area contributed by atoms with Gasteiger partial charge in [-0.3, -0.25) is 0 Å². The van der Waals surface area contributed by atoms with Crippen molar-refractivity contribution in [3.63, 3.8) is 0 Å². The minimum absolute atomic E-state index is 0.366. The van der Waals surface area contributed by atoms with Gasteiger partial charge in [0, 0.05) is 5.92 Å². The molecule has 4 nitrogen and oxygen atoms in total. The molecule has 1 aromatic carbocycles. The first-order chi connectivity index (χ1) is 8.33. The van der Waals surface area contributed by atoms with Crippen LogP contribution in [-0.2, 0) is 11.2 Å². The van der Waals surface area contributed by atoms with Gasteiger partial charge in [0.05, 0.1) is 25.0 Å². The minimum atomic E-state index is 0.366. The van der Waals surface area contributed by atoms with Gasteiger partial charge in [0.1, 0.15) is 0 Å². The van der Waals surface area contributed by atoms with Crippen molar-refractivity contribution in [1.82, 2.24) is 5.16 Å². The average molecular weight is 230 g/mol. The van der Waals surface area contributed by atoms with Gasteiger partial charge in [0.2, 0.25) is 5.88 Å². The number of rotatable bonds is 3. The number of nitrogens with zero attached hydrogens (tertiary/aromatic N) is 1. The van der Waals surface area contributed by atoms with Gasteiger partial charge in [-0.05, 0) is 17.5 Å². The maximum atomic E-state index is 5.68. The fourth-order valence-electron chi connectivity index (χ4n) is 2.02. The Bertz CT molecular complexity index is 500. The van der Waals surface area contributed by atoms with Gasteiger partial charge in [0.25, 0.3) is 0 Å². The summed E-state index contributed by atoms with van der Waals surface area (Å²) in [6.45, 7) is 1.78. The Morgan fingerprint density at radius 3 is 2.53 bits per heavy atom. The molecule has 2 aromatic rings. The van der Waals surface area contributed by atoms with Crippen molar-refractivity contribution in [2.45, 2.75) is 6.42 Å². The van der Waals surface area contributed by atoms with E-state index in [1.54, 1.807) is 6.20 Å². The van der Waals surface area contributed by atoms with Gasteiger partial charge in [-0.25, -0.2) is 0 Å². The van der Waals surface area contributed by atoms with E-state index in [-0.39, 0.29) is 0 Å². The van der Waals surface area contributed by atoms with Crippen LogP contribution in [-0.4, -0.2) is 18.4 Å². The number of anilines is 1. The molecule has 1 aromatic heterocycles. The molecule has 1 saturated heterocycles. The van der Waals surface area contributed by atoms with Gasteiger partial charge in [-0.15, -0.1) is 0 Å². The van der Waals surface area contributed by atoms with Crippen LogP contribution in [0.4, 0.5) is 5.88 Å². The third-order valence-electron chi connectivity index (χ3n) is 3.09. The predicted molar refractivity (Wildman–Crippen MR) is 64.4 cm³/mol. The van der Waals surface area contributed by atoms with Crippen molar-refractivity contribution in [3.8, 4) is 11.1 Å². The number of aromatic nitrogens is 1. The van der Waals surface area contributed by atoms with E-state index in [0.717, 1.165) is 30.8 Å². The molecule has 0 amide bonds. The van der Waals surface area contributed by atoms with Crippen molar-refractivity contribution in [1.29, 1.82) is 0 Å². The largest absolute Gasteiger partial charge is 0.381 e. The fraction of sp³-hybridized carbons (Fsp3) is 0.308. The van der Waals surface area contributed by atoms with Crippen molar-refractivity contribution in [3.05, 3.63) is 36.0 Å². The Labute approximate surface area is 99.4 Å². The Kier molecular flexibility index (Phi) is 2.57. The summed E-state index contributed by atoms with van der Waals surface area (Å²) in [6.07, 6.45) is 2.73. The summed E-state index contributed by atoms with van der Waals surface area (Å²) in [7, 11) is 0. The normalized spacial score (nSPS) is 15.8. The van der Waals surface area contributed by atoms with E-state index in [1.807, 2.05) is 0 Å². The molecule has 88 valence electrons. The van der Waals surface area contributed by atoms with E-state index < -0.39 is 0 Å². The topological polar surface area (TPSA) is 61.3 Å². The molecular weight excluding hydrogens is 216 g/mol. The zero-order chi connectivity index (χ0) is 11.7. The molecule has 0 bridgehead atoms. The lowest BCUT2D eigenvalue weighted by Gasteiger charge is -2.25. The van der Waals surface area contributed by atoms with E-state index >= 15 is 0 Å². The minimum Gasteiger partial charge on any atom is -0.381 e. The van der Waals surface area contributed by atoms with Crippen LogP contribution in [0.3, 0.4) is 0 Å². The zero-order valence-corrected chi connectivity index (χ0v) is 9.43. The number of nitrogens with two attached hydrogens (primary N) is 1. The summed E-state index contributed by atoms with van der Waals surface area (Å²) < 4.78 is 10.0. The number of nitrogen functional groups attached to an aromatic ring is 1. The highest BCUT2D eigenvalue weighted by molar-refractivity contribution is 5.71. The number of hydrogen-bond acceptors (Lipinski definition) is 4. The zero-order valence-electron chi connectivity index (χ0n) is 9.43. The molecule has 0 saturated carbocycles. The summed E-state index contributed by atoms with van der Waals surface area (Å²) in [6, 6.07) is 8.36. The Morgan fingerprint density at radius 1 is 1.24 bits per heavy atom. The van der Waals surface area contributed by atoms with E-state index in [4.69, 9.17) is 15.0 Å². The summed E-state index contributed by atoms with van der Waals surface area (Å²) >= 11 is 0. The average Bonchev–Trinajstić information content (AvgIpc) is 2.71. The second-order valence-electron chi connectivity index (χ2n) is 4.41. The molecule has 0 unspecified atom stereocenters. The van der Waals surface area contributed by atoms with Gasteiger partial charge in [0.15, 0.2) is 0 Å². The predicted octanol–water partition coefficient (Wildman–Crippen LogP) is 2.11. The van der Waals surface area contributed by atoms with Crippen LogP contribution in [0.1, 0.15) is 5.56 Å². The monoisotopic (exact) mass is 230 g/mol. The molecule has 0 aliphatic carbocycles. The first-order valence-electron chi connectivity index (χ1n) is 5.70. The standard InChI is InChI=1S/C13H14N2O2/c14-13-12(6-15-17-13)11-3-1-9(2-4-11)5-10-7-16-8-10/h1-4,6,10H,5,7-8,14H2. The van der Waals surface area contributed by atoms with Crippen molar-refractivity contribution >= 4 is 5.88 Å². The highest BCUT2D eigenvalue weighted by Gasteiger charge is 2.18. The third-order valence-corrected chi connectivity index (χ3v) is 3.09. The maximum Gasteiger partial charge on any atom is 0.229 e. The van der Waals surface area contributed by atoms with Gasteiger partial charge >= 0.3 is 0 Å². The van der Waals surface area contributed by atoms with Crippen LogP contribution in [0.2, 0.25) is 0 Å². The molecule has 1 aliphatic heterocycles. The van der Waals surface area contributed by atoms with E-state index in [1.165, 1.54) is 5.56 Å². The fourth-order valence-corrected chi connectivity index (χ4v) is 2.02. The second kappa shape index (κ2) is 4.22. The summed E-state index contributed by atoms with van der Waals surface area (Å²) in [5.41, 5.74) is 8.90. The lowest BCUT2D eigenvalue weighted by atomic mass is 9.96. The highest BCUT2D eigenvalue weighted by atomic mass is 16.5. The summed E-state index contributed by atoms with van der Waals surface area (Å²) in [4.78, 5) is 0. The molecule has 2 heterocycles. The van der Waals surface area contributed by atoms with Crippen LogP contribution >= 0.6 is 0 Å². The SMILES string of the molecule is Nc1oncc1-c1ccc(CC2COC2)cc1. The molecule has 1 fully saturated rings. The Balaban J connectivity index is 1.77. The second-order valence-corrected chi connectivity index (χ2v) is 4.41. The molecule has 2 N–H and O–H groups in total. The highest BCUT2D eigenvalue weighted by Crippen LogP contribution is 2.26. The molecule has 17 heavy (non-hydrogen) atoms. The molecule has 0 spiro atoms.